The first-order valence-electron chi connectivity index (χ1n) is 12.2. The van der Waals surface area contributed by atoms with E-state index in [0.717, 1.165) is 49.7 Å². The Morgan fingerprint density at radius 2 is 1.97 bits per heavy atom. The number of aromatic nitrogens is 4. The third-order valence-electron chi connectivity index (χ3n) is 7.63. The van der Waals surface area contributed by atoms with E-state index in [-0.39, 0.29) is 23.4 Å². The zero-order valence-electron chi connectivity index (χ0n) is 20.1. The van der Waals surface area contributed by atoms with Crippen LogP contribution in [0, 0.1) is 5.92 Å². The van der Waals surface area contributed by atoms with Crippen molar-refractivity contribution in [2.24, 2.45) is 11.7 Å². The van der Waals surface area contributed by atoms with Crippen LogP contribution in [0.2, 0.25) is 0 Å². The minimum Gasteiger partial charge on any atom is -0.343 e. The molecular formula is C25H30N8O2. The molecule has 10 nitrogen and oxygen atoms in total. The Morgan fingerprint density at radius 1 is 1.17 bits per heavy atom. The molecule has 0 unspecified atom stereocenters. The Hall–Kier alpha value is -3.53. The number of anilines is 2. The van der Waals surface area contributed by atoms with Crippen molar-refractivity contribution in [3.63, 3.8) is 0 Å². The third-order valence-corrected chi connectivity index (χ3v) is 7.63. The molecule has 35 heavy (non-hydrogen) atoms. The number of hydrogen-bond acceptors (Lipinski definition) is 7. The van der Waals surface area contributed by atoms with Gasteiger partial charge in [0.05, 0.1) is 5.56 Å². The van der Waals surface area contributed by atoms with Gasteiger partial charge >= 0.3 is 0 Å². The monoisotopic (exact) mass is 474 g/mol. The van der Waals surface area contributed by atoms with Gasteiger partial charge in [0.2, 0.25) is 5.95 Å². The molecular weight excluding hydrogens is 444 g/mol. The molecule has 3 aliphatic rings. The number of fused-ring (bicyclic) bond motifs is 2. The highest BCUT2D eigenvalue weighted by Crippen LogP contribution is 2.47. The van der Waals surface area contributed by atoms with E-state index < -0.39 is 0 Å². The quantitative estimate of drug-likeness (QED) is 0.583. The van der Waals surface area contributed by atoms with Crippen molar-refractivity contribution in [3.8, 4) is 0 Å². The first-order valence-corrected chi connectivity index (χ1v) is 12.2. The maximum Gasteiger partial charge on any atom is 0.270 e. The third kappa shape index (κ3) is 3.81. The average molecular weight is 475 g/mol. The highest BCUT2D eigenvalue weighted by molar-refractivity contribution is 5.98. The number of carbonyl (C=O) groups is 2. The van der Waals surface area contributed by atoms with Crippen LogP contribution in [-0.2, 0) is 0 Å². The van der Waals surface area contributed by atoms with Gasteiger partial charge in [0.15, 0.2) is 0 Å². The number of likely N-dealkylation sites (tertiary alicyclic amines) is 1. The molecule has 4 heterocycles. The number of pyridine rings is 1. The molecule has 3 aromatic rings. The molecule has 1 saturated heterocycles. The SMILES string of the molecule is CN(C)C(=O)c1cc2cnc(Nc3ccc(C(=O)N4C[C@@H]5C[C@]5(N)C4)cn3)nc2n1C1CCCC1. The molecule has 0 aromatic carbocycles. The van der Waals surface area contributed by atoms with Crippen LogP contribution in [0.15, 0.2) is 30.6 Å². The predicted molar refractivity (Wildman–Crippen MR) is 131 cm³/mol. The molecule has 10 heteroatoms. The molecule has 182 valence electrons. The van der Waals surface area contributed by atoms with Gasteiger partial charge in [0, 0.05) is 56.5 Å². The normalized spacial score (nSPS) is 23.5. The second-order valence-corrected chi connectivity index (χ2v) is 10.4. The Kier molecular flexibility index (Phi) is 5.03. The summed E-state index contributed by atoms with van der Waals surface area (Å²) in [4.78, 5) is 42.7. The topological polar surface area (TPSA) is 122 Å². The Labute approximate surface area is 203 Å². The highest BCUT2D eigenvalue weighted by atomic mass is 16.2. The molecule has 2 saturated carbocycles. The van der Waals surface area contributed by atoms with E-state index in [1.165, 1.54) is 0 Å². The first-order chi connectivity index (χ1) is 16.8. The molecule has 0 spiro atoms. The summed E-state index contributed by atoms with van der Waals surface area (Å²) >= 11 is 0. The molecule has 0 radical (unpaired) electrons. The van der Waals surface area contributed by atoms with Crippen LogP contribution >= 0.6 is 0 Å². The lowest BCUT2D eigenvalue weighted by Gasteiger charge is -2.19. The van der Waals surface area contributed by atoms with Crippen molar-refractivity contribution in [2.75, 3.05) is 32.5 Å². The lowest BCUT2D eigenvalue weighted by Crippen LogP contribution is -2.37. The van der Waals surface area contributed by atoms with Gasteiger partial charge in [0.1, 0.15) is 17.2 Å². The molecule has 2 aliphatic carbocycles. The molecule has 2 amide bonds. The fourth-order valence-corrected chi connectivity index (χ4v) is 5.57. The maximum atomic E-state index is 12.9. The van der Waals surface area contributed by atoms with E-state index in [1.54, 1.807) is 43.5 Å². The Bertz CT molecular complexity index is 1310. The van der Waals surface area contributed by atoms with E-state index in [1.807, 2.05) is 11.0 Å². The fourth-order valence-electron chi connectivity index (χ4n) is 5.57. The van der Waals surface area contributed by atoms with E-state index in [9.17, 15) is 9.59 Å². The fraction of sp³-hybridized carbons (Fsp3) is 0.480. The van der Waals surface area contributed by atoms with Crippen LogP contribution in [0.25, 0.3) is 11.0 Å². The smallest absolute Gasteiger partial charge is 0.270 e. The van der Waals surface area contributed by atoms with E-state index in [2.05, 4.69) is 19.9 Å². The van der Waals surface area contributed by atoms with Gasteiger partial charge in [-0.25, -0.2) is 9.97 Å². The van der Waals surface area contributed by atoms with Crippen molar-refractivity contribution in [1.29, 1.82) is 0 Å². The summed E-state index contributed by atoms with van der Waals surface area (Å²) in [5.74, 6) is 1.30. The summed E-state index contributed by atoms with van der Waals surface area (Å²) in [6.07, 6.45) is 8.68. The number of rotatable bonds is 5. The minimum atomic E-state index is -0.173. The summed E-state index contributed by atoms with van der Waals surface area (Å²) in [7, 11) is 3.52. The number of nitrogens with one attached hydrogen (secondary N) is 1. The lowest BCUT2D eigenvalue weighted by molar-refractivity contribution is 0.0771. The zero-order chi connectivity index (χ0) is 24.3. The molecule has 3 N–H and O–H groups in total. The number of nitrogens with two attached hydrogens (primary N) is 1. The van der Waals surface area contributed by atoms with Crippen LogP contribution in [0.3, 0.4) is 0 Å². The number of nitrogens with zero attached hydrogens (tertiary/aromatic N) is 6. The van der Waals surface area contributed by atoms with Crippen LogP contribution in [-0.4, -0.2) is 73.9 Å². The maximum absolute atomic E-state index is 12.9. The minimum absolute atomic E-state index is 0.0359. The number of hydrogen-bond donors (Lipinski definition) is 2. The second kappa shape index (κ2) is 8.01. The van der Waals surface area contributed by atoms with Crippen molar-refractivity contribution < 1.29 is 9.59 Å². The standard InChI is InChI=1S/C25H30N8O2/c1-31(2)23(35)19-9-16-12-28-24(30-21(16)33(19)18-5-3-4-6-18)29-20-8-7-15(11-27-20)22(34)32-13-17-10-25(17,26)14-32/h7-9,11-12,17-18H,3-6,10,13-14,26H2,1-2H3,(H,27,28,29,30)/t17-,25-/m0/s1. The van der Waals surface area contributed by atoms with E-state index in [4.69, 9.17) is 10.7 Å². The predicted octanol–water partition coefficient (Wildman–Crippen LogP) is 2.56. The molecule has 2 atom stereocenters. The molecule has 3 aromatic heterocycles. The van der Waals surface area contributed by atoms with Gasteiger partial charge in [-0.05, 0) is 43.4 Å². The van der Waals surface area contributed by atoms with E-state index >= 15 is 0 Å². The van der Waals surface area contributed by atoms with Gasteiger partial charge in [-0.1, -0.05) is 12.8 Å². The van der Waals surface area contributed by atoms with Crippen LogP contribution < -0.4 is 11.1 Å². The van der Waals surface area contributed by atoms with Crippen LogP contribution in [0.4, 0.5) is 11.8 Å². The van der Waals surface area contributed by atoms with Gasteiger partial charge in [-0.3, -0.25) is 9.59 Å². The Morgan fingerprint density at radius 3 is 2.63 bits per heavy atom. The lowest BCUT2D eigenvalue weighted by atomic mass is 10.2. The molecule has 6 rings (SSSR count). The first kappa shape index (κ1) is 22.0. The molecule has 3 fully saturated rings. The average Bonchev–Trinajstić information content (AvgIpc) is 3.28. The Balaban J connectivity index is 1.24. The van der Waals surface area contributed by atoms with Crippen molar-refractivity contribution >= 4 is 34.6 Å². The summed E-state index contributed by atoms with van der Waals surface area (Å²) < 4.78 is 2.08. The summed E-state index contributed by atoms with van der Waals surface area (Å²) in [5.41, 5.74) is 7.99. The van der Waals surface area contributed by atoms with Gasteiger partial charge in [0.25, 0.3) is 11.8 Å². The second-order valence-electron chi connectivity index (χ2n) is 10.4. The van der Waals surface area contributed by atoms with Crippen molar-refractivity contribution in [2.45, 2.75) is 43.7 Å². The summed E-state index contributed by atoms with van der Waals surface area (Å²) in [6.45, 7) is 1.34. The van der Waals surface area contributed by atoms with Crippen LogP contribution in [0.1, 0.15) is 59.0 Å². The largest absolute Gasteiger partial charge is 0.343 e. The van der Waals surface area contributed by atoms with E-state index in [0.29, 0.717) is 35.5 Å². The van der Waals surface area contributed by atoms with Crippen molar-refractivity contribution in [1.82, 2.24) is 29.3 Å². The van der Waals surface area contributed by atoms with Gasteiger partial charge in [-0.15, -0.1) is 0 Å². The van der Waals surface area contributed by atoms with Crippen LogP contribution in [0.5, 0.6) is 0 Å². The molecule has 0 bridgehead atoms. The highest BCUT2D eigenvalue weighted by Gasteiger charge is 2.58. The molecule has 1 aliphatic heterocycles. The number of piperidine rings is 1. The van der Waals surface area contributed by atoms with Crippen molar-refractivity contribution in [3.05, 3.63) is 41.9 Å². The number of carbonyl (C=O) groups excluding carboxylic acids is 2. The van der Waals surface area contributed by atoms with Gasteiger partial charge < -0.3 is 25.4 Å². The summed E-state index contributed by atoms with van der Waals surface area (Å²) in [5, 5.41) is 3.98. The summed E-state index contributed by atoms with van der Waals surface area (Å²) in [6, 6.07) is 5.65. The zero-order valence-corrected chi connectivity index (χ0v) is 20.1. The number of amides is 2. The van der Waals surface area contributed by atoms with Gasteiger partial charge in [-0.2, -0.15) is 4.98 Å².